The molecule has 0 saturated heterocycles. The largest absolute Gasteiger partial charge is 0.490 e. The topological polar surface area (TPSA) is 22.1 Å². The molecular formula is C9H8F3NO. The zero-order chi connectivity index (χ0) is 10.2. The lowest BCUT2D eigenvalue weighted by molar-refractivity contribution is -0.141. The monoisotopic (exact) mass is 203 g/mol. The predicted octanol–water partition coefficient (Wildman–Crippen LogP) is 2.64. The van der Waals surface area contributed by atoms with E-state index in [0.717, 1.165) is 25.1 Å². The summed E-state index contributed by atoms with van der Waals surface area (Å²) in [5, 5.41) is 0. The maximum Gasteiger partial charge on any atom is 0.433 e. The molecule has 2 nitrogen and oxygen atoms in total. The van der Waals surface area contributed by atoms with Gasteiger partial charge in [0.2, 0.25) is 0 Å². The Morgan fingerprint density at radius 3 is 2.64 bits per heavy atom. The fraction of sp³-hybridized carbons (Fsp3) is 0.444. The summed E-state index contributed by atoms with van der Waals surface area (Å²) >= 11 is 0. The Hall–Kier alpha value is -1.26. The third-order valence-electron chi connectivity index (χ3n) is 1.85. The molecule has 1 heterocycles. The van der Waals surface area contributed by atoms with Crippen molar-refractivity contribution in [1.29, 1.82) is 0 Å². The van der Waals surface area contributed by atoms with Crippen molar-refractivity contribution in [3.8, 4) is 5.75 Å². The van der Waals surface area contributed by atoms with Crippen molar-refractivity contribution in [1.82, 2.24) is 4.98 Å². The molecule has 0 spiro atoms. The van der Waals surface area contributed by atoms with Gasteiger partial charge < -0.3 is 4.74 Å². The Morgan fingerprint density at radius 2 is 2.07 bits per heavy atom. The van der Waals surface area contributed by atoms with Gasteiger partial charge in [-0.3, -0.25) is 4.98 Å². The number of rotatable bonds is 2. The lowest BCUT2D eigenvalue weighted by Crippen LogP contribution is -2.08. The molecule has 0 bridgehead atoms. The number of hydrogen-bond donors (Lipinski definition) is 0. The van der Waals surface area contributed by atoms with E-state index in [0.29, 0.717) is 0 Å². The van der Waals surface area contributed by atoms with Crippen molar-refractivity contribution in [2.75, 3.05) is 0 Å². The van der Waals surface area contributed by atoms with Gasteiger partial charge in [-0.15, -0.1) is 0 Å². The van der Waals surface area contributed by atoms with Gasteiger partial charge in [-0.25, -0.2) is 0 Å². The third kappa shape index (κ3) is 2.16. The van der Waals surface area contributed by atoms with Crippen molar-refractivity contribution in [2.24, 2.45) is 0 Å². The molecule has 1 aromatic rings. The van der Waals surface area contributed by atoms with Gasteiger partial charge in [0.15, 0.2) is 0 Å². The summed E-state index contributed by atoms with van der Waals surface area (Å²) in [7, 11) is 0. The van der Waals surface area contributed by atoms with Gasteiger partial charge in [-0.1, -0.05) is 0 Å². The molecule has 1 fully saturated rings. The average Bonchev–Trinajstić information content (AvgIpc) is 2.87. The van der Waals surface area contributed by atoms with Crippen LogP contribution in [0.2, 0.25) is 0 Å². The van der Waals surface area contributed by atoms with Gasteiger partial charge in [0.25, 0.3) is 0 Å². The van der Waals surface area contributed by atoms with Crippen LogP contribution in [-0.4, -0.2) is 11.1 Å². The van der Waals surface area contributed by atoms with E-state index in [1.165, 1.54) is 6.07 Å². The Kier molecular flexibility index (Phi) is 2.09. The summed E-state index contributed by atoms with van der Waals surface area (Å²) < 4.78 is 41.8. The molecule has 0 unspecified atom stereocenters. The van der Waals surface area contributed by atoms with E-state index < -0.39 is 11.9 Å². The fourth-order valence-electron chi connectivity index (χ4n) is 1.02. The van der Waals surface area contributed by atoms with Crippen LogP contribution >= 0.6 is 0 Å². The molecule has 1 aliphatic carbocycles. The molecule has 1 saturated carbocycles. The van der Waals surface area contributed by atoms with Gasteiger partial charge in [-0.2, -0.15) is 13.2 Å². The van der Waals surface area contributed by atoms with Crippen LogP contribution in [0, 0.1) is 0 Å². The Morgan fingerprint density at radius 1 is 1.36 bits per heavy atom. The quantitative estimate of drug-likeness (QED) is 0.737. The Balaban J connectivity index is 2.17. The first kappa shape index (κ1) is 9.30. The third-order valence-corrected chi connectivity index (χ3v) is 1.85. The maximum absolute atomic E-state index is 12.2. The van der Waals surface area contributed by atoms with Crippen LogP contribution in [0.25, 0.3) is 0 Å². The molecule has 0 radical (unpaired) electrons. The molecule has 0 aromatic carbocycles. The smallest absolute Gasteiger partial charge is 0.433 e. The number of alkyl halides is 3. The summed E-state index contributed by atoms with van der Waals surface area (Å²) in [5.41, 5.74) is -0.907. The summed E-state index contributed by atoms with van der Waals surface area (Å²) in [4.78, 5) is 3.23. The highest BCUT2D eigenvalue weighted by molar-refractivity contribution is 5.24. The number of aromatic nitrogens is 1. The van der Waals surface area contributed by atoms with E-state index >= 15 is 0 Å². The Bertz CT molecular complexity index is 333. The molecule has 1 aliphatic rings. The highest BCUT2D eigenvalue weighted by Gasteiger charge is 2.33. The summed E-state index contributed by atoms with van der Waals surface area (Å²) in [6, 6.07) is 2.37. The fourth-order valence-corrected chi connectivity index (χ4v) is 1.02. The van der Waals surface area contributed by atoms with Crippen LogP contribution in [0.3, 0.4) is 0 Å². The van der Waals surface area contributed by atoms with E-state index in [1.807, 2.05) is 0 Å². The normalized spacial score (nSPS) is 16.8. The van der Waals surface area contributed by atoms with Crippen LogP contribution in [0.15, 0.2) is 18.3 Å². The molecule has 76 valence electrons. The van der Waals surface area contributed by atoms with Crippen molar-refractivity contribution in [2.45, 2.75) is 25.1 Å². The number of hydrogen-bond acceptors (Lipinski definition) is 2. The highest BCUT2D eigenvalue weighted by atomic mass is 19.4. The van der Waals surface area contributed by atoms with Crippen LogP contribution in [0.5, 0.6) is 5.75 Å². The molecule has 14 heavy (non-hydrogen) atoms. The van der Waals surface area contributed by atoms with E-state index in [2.05, 4.69) is 4.98 Å². The van der Waals surface area contributed by atoms with E-state index in [9.17, 15) is 13.2 Å². The van der Waals surface area contributed by atoms with E-state index in [-0.39, 0.29) is 11.9 Å². The molecule has 0 amide bonds. The first-order valence-electron chi connectivity index (χ1n) is 4.25. The molecule has 0 aliphatic heterocycles. The molecule has 5 heteroatoms. The van der Waals surface area contributed by atoms with E-state index in [4.69, 9.17) is 4.74 Å². The van der Waals surface area contributed by atoms with Crippen LogP contribution in [-0.2, 0) is 6.18 Å². The zero-order valence-electron chi connectivity index (χ0n) is 7.21. The van der Waals surface area contributed by atoms with Crippen molar-refractivity contribution < 1.29 is 17.9 Å². The van der Waals surface area contributed by atoms with Crippen LogP contribution in [0.1, 0.15) is 18.5 Å². The first-order chi connectivity index (χ1) is 6.55. The van der Waals surface area contributed by atoms with E-state index in [1.54, 1.807) is 0 Å². The lowest BCUT2D eigenvalue weighted by Gasteiger charge is -2.08. The molecule has 0 atom stereocenters. The summed E-state index contributed by atoms with van der Waals surface area (Å²) in [6.07, 6.45) is -1.35. The summed E-state index contributed by atoms with van der Waals surface area (Å²) in [6.45, 7) is 0. The number of ether oxygens (including phenoxy) is 1. The minimum Gasteiger partial charge on any atom is -0.490 e. The van der Waals surface area contributed by atoms with Crippen molar-refractivity contribution >= 4 is 0 Å². The van der Waals surface area contributed by atoms with Gasteiger partial charge in [0.1, 0.15) is 11.4 Å². The number of halogens is 3. The van der Waals surface area contributed by atoms with Crippen molar-refractivity contribution in [3.63, 3.8) is 0 Å². The minimum atomic E-state index is -4.40. The number of pyridine rings is 1. The number of nitrogens with zero attached hydrogens (tertiary/aromatic N) is 1. The second-order valence-electron chi connectivity index (χ2n) is 3.19. The molecular weight excluding hydrogens is 195 g/mol. The van der Waals surface area contributed by atoms with Gasteiger partial charge in [0, 0.05) is 12.3 Å². The second-order valence-corrected chi connectivity index (χ2v) is 3.19. The molecule has 1 aromatic heterocycles. The van der Waals surface area contributed by atoms with Crippen molar-refractivity contribution in [3.05, 3.63) is 24.0 Å². The standard InChI is InChI=1S/C9H8F3NO/c10-9(11,12)8-5-7(3-4-13-8)14-6-1-2-6/h3-6H,1-2H2. The van der Waals surface area contributed by atoms with Gasteiger partial charge in [0.05, 0.1) is 6.10 Å². The van der Waals surface area contributed by atoms with Gasteiger partial charge >= 0.3 is 6.18 Å². The SMILES string of the molecule is FC(F)(F)c1cc(OC2CC2)ccn1. The van der Waals surface area contributed by atoms with Gasteiger partial charge in [-0.05, 0) is 18.9 Å². The predicted molar refractivity (Wildman–Crippen MR) is 42.9 cm³/mol. The average molecular weight is 203 g/mol. The molecule has 2 rings (SSSR count). The minimum absolute atomic E-state index is 0.0958. The zero-order valence-corrected chi connectivity index (χ0v) is 7.21. The van der Waals surface area contributed by atoms with Crippen LogP contribution in [0.4, 0.5) is 13.2 Å². The second kappa shape index (κ2) is 3.15. The molecule has 0 N–H and O–H groups in total. The maximum atomic E-state index is 12.2. The summed E-state index contributed by atoms with van der Waals surface area (Å²) in [5.74, 6) is 0.245. The van der Waals surface area contributed by atoms with Crippen LogP contribution < -0.4 is 4.74 Å². The Labute approximate surface area is 78.7 Å². The highest BCUT2D eigenvalue weighted by Crippen LogP contribution is 2.31. The lowest BCUT2D eigenvalue weighted by atomic mass is 10.3. The first-order valence-corrected chi connectivity index (χ1v) is 4.25.